The molecule has 2 N–H and O–H groups in total. The zero-order valence-electron chi connectivity index (χ0n) is 10.9. The molecule has 19 heavy (non-hydrogen) atoms. The number of benzene rings is 1. The van der Waals surface area contributed by atoms with Gasteiger partial charge < -0.3 is 15.0 Å². The van der Waals surface area contributed by atoms with E-state index in [1.807, 2.05) is 37.3 Å². The van der Waals surface area contributed by atoms with Crippen LogP contribution in [0.1, 0.15) is 43.1 Å². The van der Waals surface area contributed by atoms with Crippen LogP contribution in [0.5, 0.6) is 0 Å². The highest BCUT2D eigenvalue weighted by molar-refractivity contribution is 5.23. The summed E-state index contributed by atoms with van der Waals surface area (Å²) in [6.45, 7) is 2.73. The van der Waals surface area contributed by atoms with Gasteiger partial charge in [0.25, 0.3) is 0 Å². The van der Waals surface area contributed by atoms with Crippen LogP contribution < -0.4 is 5.73 Å². The normalized spacial score (nSPS) is 24.5. The zero-order valence-corrected chi connectivity index (χ0v) is 10.9. The Morgan fingerprint density at radius 1 is 1.32 bits per heavy atom. The summed E-state index contributed by atoms with van der Waals surface area (Å²) in [6, 6.07) is 9.32. The smallest absolute Gasteiger partial charge is 0.248 e. The molecule has 5 heteroatoms. The van der Waals surface area contributed by atoms with Crippen LogP contribution in [0.15, 0.2) is 34.9 Å². The predicted molar refractivity (Wildman–Crippen MR) is 69.3 cm³/mol. The number of ether oxygens (including phenoxy) is 1. The molecule has 2 aromatic rings. The molecule has 0 aliphatic carbocycles. The van der Waals surface area contributed by atoms with Crippen LogP contribution >= 0.6 is 0 Å². The van der Waals surface area contributed by atoms with Crippen molar-refractivity contribution >= 4 is 0 Å². The van der Waals surface area contributed by atoms with Gasteiger partial charge in [-0.1, -0.05) is 35.5 Å². The van der Waals surface area contributed by atoms with Crippen molar-refractivity contribution in [3.8, 4) is 0 Å². The molecule has 0 saturated carbocycles. The van der Waals surface area contributed by atoms with E-state index in [4.69, 9.17) is 15.0 Å². The largest absolute Gasteiger partial charge is 0.367 e. The monoisotopic (exact) mass is 259 g/mol. The summed E-state index contributed by atoms with van der Waals surface area (Å²) < 4.78 is 11.0. The molecule has 0 radical (unpaired) electrons. The summed E-state index contributed by atoms with van der Waals surface area (Å²) in [6.07, 6.45) is 1.93. The molecule has 2 atom stereocenters. The van der Waals surface area contributed by atoms with Crippen LogP contribution in [0.4, 0.5) is 0 Å². The molecule has 2 unspecified atom stereocenters. The lowest BCUT2D eigenvalue weighted by Gasteiger charge is -2.17. The lowest BCUT2D eigenvalue weighted by atomic mass is 10.0. The van der Waals surface area contributed by atoms with Crippen molar-refractivity contribution in [1.82, 2.24) is 10.1 Å². The summed E-state index contributed by atoms with van der Waals surface area (Å²) in [5.41, 5.74) is 6.66. The van der Waals surface area contributed by atoms with Crippen molar-refractivity contribution in [3.05, 3.63) is 47.6 Å². The van der Waals surface area contributed by atoms with Crippen molar-refractivity contribution in [2.75, 3.05) is 6.61 Å². The van der Waals surface area contributed by atoms with Crippen LogP contribution in [-0.2, 0) is 10.3 Å². The SMILES string of the molecule is CC1(c2noc(C(N)c3ccccc3)n2)CCCO1. The number of aromatic nitrogens is 2. The fourth-order valence-electron chi connectivity index (χ4n) is 2.33. The van der Waals surface area contributed by atoms with E-state index in [1.54, 1.807) is 0 Å². The Morgan fingerprint density at radius 2 is 2.11 bits per heavy atom. The molecule has 3 rings (SSSR count). The third-order valence-electron chi connectivity index (χ3n) is 3.56. The summed E-state index contributed by atoms with van der Waals surface area (Å²) in [7, 11) is 0. The first kappa shape index (κ1) is 12.3. The predicted octanol–water partition coefficient (Wildman–Crippen LogP) is 2.14. The van der Waals surface area contributed by atoms with Crippen molar-refractivity contribution < 1.29 is 9.26 Å². The lowest BCUT2D eigenvalue weighted by molar-refractivity contribution is 0.00768. The first-order valence-corrected chi connectivity index (χ1v) is 6.48. The van der Waals surface area contributed by atoms with Gasteiger partial charge in [0.1, 0.15) is 11.6 Å². The standard InChI is InChI=1S/C14H17N3O2/c1-14(8-5-9-18-14)13-16-12(19-17-13)11(15)10-6-3-2-4-7-10/h2-4,6-7,11H,5,8-9,15H2,1H3. The van der Waals surface area contributed by atoms with Crippen molar-refractivity contribution in [3.63, 3.8) is 0 Å². The van der Waals surface area contributed by atoms with Crippen LogP contribution in [0.25, 0.3) is 0 Å². The van der Waals surface area contributed by atoms with E-state index in [9.17, 15) is 0 Å². The minimum atomic E-state index is -0.432. The van der Waals surface area contributed by atoms with Gasteiger partial charge in [-0.05, 0) is 25.3 Å². The quantitative estimate of drug-likeness (QED) is 0.914. The second-order valence-electron chi connectivity index (χ2n) is 5.03. The van der Waals surface area contributed by atoms with Crippen molar-refractivity contribution in [2.24, 2.45) is 5.73 Å². The summed E-state index contributed by atoms with van der Waals surface area (Å²) in [4.78, 5) is 4.41. The summed E-state index contributed by atoms with van der Waals surface area (Å²) in [5, 5.41) is 4.03. The molecule has 1 aromatic heterocycles. The second-order valence-corrected chi connectivity index (χ2v) is 5.03. The molecule has 0 spiro atoms. The van der Waals surface area contributed by atoms with Gasteiger partial charge in [0, 0.05) is 6.61 Å². The highest BCUT2D eigenvalue weighted by Crippen LogP contribution is 2.34. The molecule has 100 valence electrons. The third kappa shape index (κ3) is 2.27. The molecular formula is C14H17N3O2. The molecule has 1 aliphatic rings. The lowest BCUT2D eigenvalue weighted by Crippen LogP contribution is -2.22. The van der Waals surface area contributed by atoms with Gasteiger partial charge in [-0.25, -0.2) is 0 Å². The molecule has 2 heterocycles. The van der Waals surface area contributed by atoms with Gasteiger partial charge in [0.2, 0.25) is 11.7 Å². The van der Waals surface area contributed by atoms with E-state index in [1.165, 1.54) is 0 Å². The van der Waals surface area contributed by atoms with Gasteiger partial charge in [-0.2, -0.15) is 4.98 Å². The Hall–Kier alpha value is -1.72. The molecule has 1 aliphatic heterocycles. The molecule has 1 saturated heterocycles. The van der Waals surface area contributed by atoms with Gasteiger partial charge in [0.15, 0.2) is 0 Å². The Bertz CT molecular complexity index is 547. The van der Waals surface area contributed by atoms with E-state index < -0.39 is 11.6 Å². The van der Waals surface area contributed by atoms with E-state index in [-0.39, 0.29) is 0 Å². The van der Waals surface area contributed by atoms with Gasteiger partial charge >= 0.3 is 0 Å². The Morgan fingerprint density at radius 3 is 2.79 bits per heavy atom. The molecule has 1 fully saturated rings. The number of hydrogen-bond acceptors (Lipinski definition) is 5. The average molecular weight is 259 g/mol. The highest BCUT2D eigenvalue weighted by atomic mass is 16.5. The van der Waals surface area contributed by atoms with Crippen LogP contribution in [0.2, 0.25) is 0 Å². The molecule has 5 nitrogen and oxygen atoms in total. The maximum absolute atomic E-state index is 6.13. The number of nitrogens with two attached hydrogens (primary N) is 1. The highest BCUT2D eigenvalue weighted by Gasteiger charge is 2.37. The fraction of sp³-hybridized carbons (Fsp3) is 0.429. The molecule has 0 amide bonds. The van der Waals surface area contributed by atoms with Crippen molar-refractivity contribution in [1.29, 1.82) is 0 Å². The van der Waals surface area contributed by atoms with E-state index in [2.05, 4.69) is 10.1 Å². The molecule has 1 aromatic carbocycles. The third-order valence-corrected chi connectivity index (χ3v) is 3.56. The van der Waals surface area contributed by atoms with Gasteiger partial charge in [-0.15, -0.1) is 0 Å². The Balaban J connectivity index is 1.85. The first-order chi connectivity index (χ1) is 9.19. The van der Waals surface area contributed by atoms with E-state index in [0.29, 0.717) is 11.7 Å². The molecular weight excluding hydrogens is 242 g/mol. The molecule has 0 bridgehead atoms. The number of rotatable bonds is 3. The average Bonchev–Trinajstić information content (AvgIpc) is 3.08. The Kier molecular flexibility index (Phi) is 3.08. The first-order valence-electron chi connectivity index (χ1n) is 6.48. The summed E-state index contributed by atoms with van der Waals surface area (Å²) >= 11 is 0. The van der Waals surface area contributed by atoms with Gasteiger partial charge in [0.05, 0.1) is 0 Å². The minimum absolute atomic E-state index is 0.396. The second kappa shape index (κ2) is 4.75. The van der Waals surface area contributed by atoms with E-state index in [0.717, 1.165) is 25.0 Å². The number of nitrogens with zero attached hydrogens (tertiary/aromatic N) is 2. The van der Waals surface area contributed by atoms with Crippen molar-refractivity contribution in [2.45, 2.75) is 31.4 Å². The fourth-order valence-corrected chi connectivity index (χ4v) is 2.33. The Labute approximate surface area is 111 Å². The number of hydrogen-bond donors (Lipinski definition) is 1. The van der Waals surface area contributed by atoms with Gasteiger partial charge in [-0.3, -0.25) is 0 Å². The summed E-state index contributed by atoms with van der Waals surface area (Å²) in [5.74, 6) is 1.02. The van der Waals surface area contributed by atoms with Crippen LogP contribution in [-0.4, -0.2) is 16.7 Å². The topological polar surface area (TPSA) is 74.2 Å². The maximum Gasteiger partial charge on any atom is 0.248 e. The maximum atomic E-state index is 6.13. The van der Waals surface area contributed by atoms with E-state index >= 15 is 0 Å². The minimum Gasteiger partial charge on any atom is -0.367 e. The zero-order chi connectivity index (χ0) is 13.3. The van der Waals surface area contributed by atoms with Crippen LogP contribution in [0, 0.1) is 0 Å². The van der Waals surface area contributed by atoms with Crippen LogP contribution in [0.3, 0.4) is 0 Å².